The van der Waals surface area contributed by atoms with Gasteiger partial charge in [0.2, 0.25) is 5.92 Å². The zero-order valence-electron chi connectivity index (χ0n) is 7.61. The van der Waals surface area contributed by atoms with Crippen LogP contribution in [0, 0.1) is 5.92 Å². The molecule has 0 bridgehead atoms. The van der Waals surface area contributed by atoms with Crippen molar-refractivity contribution in [1.82, 2.24) is 0 Å². The van der Waals surface area contributed by atoms with Gasteiger partial charge in [-0.05, 0) is 19.3 Å². The summed E-state index contributed by atoms with van der Waals surface area (Å²) in [5.74, 6) is -2.80. The summed E-state index contributed by atoms with van der Waals surface area (Å²) < 4.78 is 25.7. The van der Waals surface area contributed by atoms with Gasteiger partial charge in [-0.25, -0.2) is 8.78 Å². The summed E-state index contributed by atoms with van der Waals surface area (Å²) in [6.45, 7) is 3.51. The van der Waals surface area contributed by atoms with Crippen molar-refractivity contribution >= 4 is 0 Å². The third-order valence-electron chi connectivity index (χ3n) is 2.91. The van der Waals surface area contributed by atoms with E-state index in [1.54, 1.807) is 6.92 Å². The first-order valence-corrected chi connectivity index (χ1v) is 4.47. The summed E-state index contributed by atoms with van der Waals surface area (Å²) in [6.07, 6.45) is 0.522. The van der Waals surface area contributed by atoms with E-state index in [4.69, 9.17) is 0 Å². The van der Waals surface area contributed by atoms with E-state index in [2.05, 4.69) is 0 Å². The maximum absolute atomic E-state index is 12.9. The summed E-state index contributed by atoms with van der Waals surface area (Å²) in [5.41, 5.74) is -0.879. The van der Waals surface area contributed by atoms with Crippen molar-refractivity contribution in [2.24, 2.45) is 5.92 Å². The predicted molar refractivity (Wildman–Crippen MR) is 43.2 cm³/mol. The maximum Gasteiger partial charge on any atom is 0.248 e. The molecular formula is C9H16F2O. The molecule has 1 N–H and O–H groups in total. The molecule has 0 aromatic carbocycles. The molecule has 1 fully saturated rings. The Morgan fingerprint density at radius 3 is 2.42 bits per heavy atom. The summed E-state index contributed by atoms with van der Waals surface area (Å²) in [5, 5.41) is 9.73. The molecule has 12 heavy (non-hydrogen) atoms. The zero-order valence-corrected chi connectivity index (χ0v) is 7.61. The summed E-state index contributed by atoms with van der Waals surface area (Å²) in [4.78, 5) is 0. The minimum absolute atomic E-state index is 0.156. The number of alkyl halides is 2. The lowest BCUT2D eigenvalue weighted by atomic mass is 9.74. The van der Waals surface area contributed by atoms with Crippen molar-refractivity contribution in [3.05, 3.63) is 0 Å². The highest BCUT2D eigenvalue weighted by Crippen LogP contribution is 2.43. The molecule has 1 nitrogen and oxygen atoms in total. The highest BCUT2D eigenvalue weighted by atomic mass is 19.3. The fourth-order valence-electron chi connectivity index (χ4n) is 1.91. The van der Waals surface area contributed by atoms with Crippen LogP contribution in [0.25, 0.3) is 0 Å². The molecule has 0 aromatic rings. The fourth-order valence-corrected chi connectivity index (χ4v) is 1.91. The maximum atomic E-state index is 12.9. The van der Waals surface area contributed by atoms with Gasteiger partial charge in [-0.3, -0.25) is 0 Å². The molecule has 1 aliphatic carbocycles. The smallest absolute Gasteiger partial charge is 0.248 e. The Bertz CT molecular complexity index is 166. The van der Waals surface area contributed by atoms with Crippen molar-refractivity contribution in [3.63, 3.8) is 0 Å². The number of aliphatic hydroxyl groups is 1. The second kappa shape index (κ2) is 2.95. The third-order valence-corrected chi connectivity index (χ3v) is 2.91. The number of hydrogen-bond donors (Lipinski definition) is 1. The lowest BCUT2D eigenvalue weighted by Gasteiger charge is -2.40. The predicted octanol–water partition coefficient (Wildman–Crippen LogP) is 2.58. The van der Waals surface area contributed by atoms with Gasteiger partial charge in [-0.2, -0.15) is 0 Å². The Hall–Kier alpha value is -0.180. The van der Waals surface area contributed by atoms with Crippen molar-refractivity contribution in [2.45, 2.75) is 51.1 Å². The molecule has 0 heterocycles. The standard InChI is InChI=1S/C9H16F2O/c1-3-7-6-9(10,11)5-4-8(7,2)12/h7,12H,3-6H2,1-2H3. The molecule has 1 saturated carbocycles. The average molecular weight is 178 g/mol. The molecule has 2 unspecified atom stereocenters. The molecule has 0 amide bonds. The van der Waals surface area contributed by atoms with Crippen LogP contribution in [0.5, 0.6) is 0 Å². The van der Waals surface area contributed by atoms with Crippen LogP contribution < -0.4 is 0 Å². The van der Waals surface area contributed by atoms with Crippen LogP contribution in [-0.4, -0.2) is 16.6 Å². The number of halogens is 2. The summed E-state index contributed by atoms with van der Waals surface area (Å²) in [6, 6.07) is 0. The van der Waals surface area contributed by atoms with E-state index in [9.17, 15) is 13.9 Å². The molecule has 1 rings (SSSR count). The Labute approximate surface area is 71.8 Å². The van der Waals surface area contributed by atoms with Gasteiger partial charge in [0.25, 0.3) is 0 Å². The molecule has 0 aromatic heterocycles. The van der Waals surface area contributed by atoms with E-state index in [0.717, 1.165) is 0 Å². The van der Waals surface area contributed by atoms with Crippen molar-refractivity contribution in [1.29, 1.82) is 0 Å². The highest BCUT2D eigenvalue weighted by Gasteiger charge is 2.45. The van der Waals surface area contributed by atoms with Gasteiger partial charge in [0.1, 0.15) is 0 Å². The van der Waals surface area contributed by atoms with E-state index < -0.39 is 11.5 Å². The van der Waals surface area contributed by atoms with E-state index in [1.165, 1.54) is 0 Å². The van der Waals surface area contributed by atoms with Crippen molar-refractivity contribution in [2.75, 3.05) is 0 Å². The molecule has 1 aliphatic rings. The van der Waals surface area contributed by atoms with Gasteiger partial charge < -0.3 is 5.11 Å². The Morgan fingerprint density at radius 2 is 2.00 bits per heavy atom. The van der Waals surface area contributed by atoms with Crippen LogP contribution in [0.4, 0.5) is 8.78 Å². The average Bonchev–Trinajstić information content (AvgIpc) is 1.95. The lowest BCUT2D eigenvalue weighted by Crippen LogP contribution is -2.44. The van der Waals surface area contributed by atoms with E-state index in [1.807, 2.05) is 6.92 Å². The molecule has 0 spiro atoms. The van der Waals surface area contributed by atoms with Gasteiger partial charge in [0, 0.05) is 12.8 Å². The molecule has 0 aliphatic heterocycles. The van der Waals surface area contributed by atoms with Gasteiger partial charge in [-0.1, -0.05) is 13.3 Å². The van der Waals surface area contributed by atoms with E-state index in [-0.39, 0.29) is 25.2 Å². The normalized spacial score (nSPS) is 41.2. The number of hydrogen-bond acceptors (Lipinski definition) is 1. The first-order chi connectivity index (χ1) is 5.37. The first kappa shape index (κ1) is 9.90. The van der Waals surface area contributed by atoms with Crippen LogP contribution in [0.1, 0.15) is 39.5 Å². The monoisotopic (exact) mass is 178 g/mol. The van der Waals surface area contributed by atoms with E-state index in [0.29, 0.717) is 6.42 Å². The fraction of sp³-hybridized carbons (Fsp3) is 1.00. The SMILES string of the molecule is CCC1CC(F)(F)CCC1(C)O. The summed E-state index contributed by atoms with van der Waals surface area (Å²) in [7, 11) is 0. The summed E-state index contributed by atoms with van der Waals surface area (Å²) >= 11 is 0. The van der Waals surface area contributed by atoms with Gasteiger partial charge >= 0.3 is 0 Å². The molecule has 72 valence electrons. The minimum Gasteiger partial charge on any atom is -0.390 e. The molecule has 0 radical (unpaired) electrons. The van der Waals surface area contributed by atoms with Crippen LogP contribution >= 0.6 is 0 Å². The third kappa shape index (κ3) is 1.94. The molecule has 0 saturated heterocycles. The minimum atomic E-state index is -2.55. The van der Waals surface area contributed by atoms with Crippen LogP contribution in [0.3, 0.4) is 0 Å². The lowest BCUT2D eigenvalue weighted by molar-refractivity contribution is -0.133. The molecule has 2 atom stereocenters. The van der Waals surface area contributed by atoms with Crippen molar-refractivity contribution in [3.8, 4) is 0 Å². The Kier molecular flexibility index (Phi) is 2.43. The van der Waals surface area contributed by atoms with Gasteiger partial charge in [-0.15, -0.1) is 0 Å². The quantitative estimate of drug-likeness (QED) is 0.654. The Balaban J connectivity index is 2.67. The second-order valence-electron chi connectivity index (χ2n) is 4.02. The van der Waals surface area contributed by atoms with Gasteiger partial charge in [0.05, 0.1) is 5.60 Å². The van der Waals surface area contributed by atoms with E-state index >= 15 is 0 Å². The van der Waals surface area contributed by atoms with Crippen LogP contribution in [0.2, 0.25) is 0 Å². The first-order valence-electron chi connectivity index (χ1n) is 4.47. The Morgan fingerprint density at radius 1 is 1.42 bits per heavy atom. The molecule has 3 heteroatoms. The van der Waals surface area contributed by atoms with Crippen molar-refractivity contribution < 1.29 is 13.9 Å². The van der Waals surface area contributed by atoms with Crippen LogP contribution in [0.15, 0.2) is 0 Å². The largest absolute Gasteiger partial charge is 0.390 e. The molecular weight excluding hydrogens is 162 g/mol. The second-order valence-corrected chi connectivity index (χ2v) is 4.02. The topological polar surface area (TPSA) is 20.2 Å². The highest BCUT2D eigenvalue weighted by molar-refractivity contribution is 4.91. The number of rotatable bonds is 1. The van der Waals surface area contributed by atoms with Gasteiger partial charge in [0.15, 0.2) is 0 Å². The zero-order chi connectivity index (χ0) is 9.41. The van der Waals surface area contributed by atoms with Crippen LogP contribution in [-0.2, 0) is 0 Å².